The van der Waals surface area contributed by atoms with Gasteiger partial charge in [-0.15, -0.1) is 0 Å². The first-order valence-electron chi connectivity index (χ1n) is 10.1. The Morgan fingerprint density at radius 1 is 1.12 bits per heavy atom. The molecule has 1 N–H and O–H groups in total. The van der Waals surface area contributed by atoms with Gasteiger partial charge in [0, 0.05) is 21.5 Å². The molecule has 2 aliphatic rings. The lowest BCUT2D eigenvalue weighted by molar-refractivity contribution is -0.269. The van der Waals surface area contributed by atoms with Crippen LogP contribution in [0, 0.1) is 6.92 Å². The number of nitrogens with one attached hydrogen (secondary N) is 1. The summed E-state index contributed by atoms with van der Waals surface area (Å²) in [5, 5.41) is 2.83. The molecule has 4 rings (SSSR count). The first-order valence-corrected chi connectivity index (χ1v) is 12.7. The molecule has 5 nitrogen and oxygen atoms in total. The van der Waals surface area contributed by atoms with Gasteiger partial charge in [-0.3, -0.25) is 4.79 Å². The minimum absolute atomic E-state index is 0.0821. The van der Waals surface area contributed by atoms with Crippen molar-refractivity contribution in [2.75, 3.05) is 18.1 Å². The maximum Gasteiger partial charge on any atom is 0.421 e. The quantitative estimate of drug-likeness (QED) is 0.627. The molecule has 0 aromatic heterocycles. The zero-order valence-corrected chi connectivity index (χ0v) is 19.7. The topological polar surface area (TPSA) is 72.5 Å². The molecule has 2 aromatic carbocycles. The van der Waals surface area contributed by atoms with E-state index in [-0.39, 0.29) is 40.1 Å². The Bertz CT molecular complexity index is 1190. The molecule has 1 amide bonds. The minimum Gasteiger partial charge on any atom is -0.360 e. The minimum atomic E-state index is -4.70. The van der Waals surface area contributed by atoms with Crippen LogP contribution >= 0.6 is 23.2 Å². The Balaban J connectivity index is 1.56. The summed E-state index contributed by atoms with van der Waals surface area (Å²) in [7, 11) is -3.07. The molecular weight excluding hydrogens is 502 g/mol. The van der Waals surface area contributed by atoms with Crippen molar-refractivity contribution in [1.29, 1.82) is 0 Å². The molecule has 0 aliphatic carbocycles. The monoisotopic (exact) mass is 521 g/mol. The van der Waals surface area contributed by atoms with Crippen molar-refractivity contribution in [2.24, 2.45) is 0 Å². The van der Waals surface area contributed by atoms with Gasteiger partial charge in [0.05, 0.1) is 24.2 Å². The second-order valence-corrected chi connectivity index (χ2v) is 11.5. The van der Waals surface area contributed by atoms with Crippen molar-refractivity contribution in [3.8, 4) is 0 Å². The highest BCUT2D eigenvalue weighted by Gasteiger charge is 2.61. The van der Waals surface area contributed by atoms with Crippen molar-refractivity contribution in [3.63, 3.8) is 0 Å². The fourth-order valence-corrected chi connectivity index (χ4v) is 6.20. The summed E-state index contributed by atoms with van der Waals surface area (Å²) in [5.41, 5.74) is -1.19. The van der Waals surface area contributed by atoms with Gasteiger partial charge in [0.2, 0.25) is 0 Å². The number of halogens is 5. The van der Waals surface area contributed by atoms with Gasteiger partial charge in [0.15, 0.2) is 15.4 Å². The molecule has 0 saturated carbocycles. The molecule has 33 heavy (non-hydrogen) atoms. The van der Waals surface area contributed by atoms with Gasteiger partial charge in [-0.1, -0.05) is 35.3 Å². The van der Waals surface area contributed by atoms with Crippen LogP contribution < -0.4 is 5.32 Å². The van der Waals surface area contributed by atoms with Gasteiger partial charge in [-0.2, -0.15) is 13.2 Å². The summed E-state index contributed by atoms with van der Waals surface area (Å²) in [4.78, 5) is 12.5. The van der Waals surface area contributed by atoms with Crippen LogP contribution in [0.15, 0.2) is 36.4 Å². The highest BCUT2D eigenvalue weighted by atomic mass is 35.5. The number of alkyl halides is 3. The van der Waals surface area contributed by atoms with Crippen LogP contribution in [0.4, 0.5) is 13.2 Å². The van der Waals surface area contributed by atoms with Crippen LogP contribution in [-0.4, -0.2) is 44.7 Å². The maximum atomic E-state index is 14.2. The lowest BCUT2D eigenvalue weighted by atomic mass is 9.83. The number of ether oxygens (including phenoxy) is 1. The van der Waals surface area contributed by atoms with E-state index in [4.69, 9.17) is 27.9 Å². The van der Waals surface area contributed by atoms with Crippen molar-refractivity contribution in [2.45, 2.75) is 37.1 Å². The fraction of sp³-hybridized carbons (Fsp3) is 0.409. The highest BCUT2D eigenvalue weighted by molar-refractivity contribution is 7.92. The largest absolute Gasteiger partial charge is 0.421 e. The van der Waals surface area contributed by atoms with Gasteiger partial charge in [-0.05, 0) is 54.3 Å². The van der Waals surface area contributed by atoms with Crippen molar-refractivity contribution < 1.29 is 31.1 Å². The number of hydrogen-bond donors (Lipinski definition) is 1. The molecule has 2 fully saturated rings. The smallest absolute Gasteiger partial charge is 0.360 e. The lowest BCUT2D eigenvalue weighted by Gasteiger charge is -2.31. The lowest BCUT2D eigenvalue weighted by Crippen LogP contribution is -2.53. The number of sulfone groups is 1. The normalized spacial score (nSPS) is 25.0. The van der Waals surface area contributed by atoms with E-state index in [1.807, 2.05) is 0 Å². The Morgan fingerprint density at radius 2 is 1.76 bits per heavy atom. The fourth-order valence-electron chi connectivity index (χ4n) is 4.38. The van der Waals surface area contributed by atoms with Crippen LogP contribution in [0.5, 0.6) is 0 Å². The van der Waals surface area contributed by atoms with Crippen molar-refractivity contribution >= 4 is 38.9 Å². The predicted octanol–water partition coefficient (Wildman–Crippen LogP) is 4.79. The summed E-state index contributed by atoms with van der Waals surface area (Å²) in [6, 6.07) is 8.15. The first kappa shape index (κ1) is 24.3. The number of amides is 1. The molecule has 2 aromatic rings. The number of benzene rings is 2. The molecule has 2 atom stereocenters. The number of carbonyl (C=O) groups excluding carboxylic acids is 1. The van der Waals surface area contributed by atoms with E-state index in [9.17, 15) is 26.4 Å². The number of aryl methyl sites for hydroxylation is 1. The van der Waals surface area contributed by atoms with Crippen LogP contribution in [0.2, 0.25) is 10.0 Å². The van der Waals surface area contributed by atoms with Crippen LogP contribution in [-0.2, 0) is 20.2 Å². The number of carbonyl (C=O) groups is 1. The SMILES string of the molecule is Cc1cc(C2COC(c3cc(Cl)cc(Cl)c3)(C(F)(F)F)C2)ccc1C(=O)NC1CS(=O)(=O)C1. The zero-order chi connectivity index (χ0) is 24.2. The third-order valence-electron chi connectivity index (χ3n) is 6.06. The van der Waals surface area contributed by atoms with Crippen LogP contribution in [0.3, 0.4) is 0 Å². The molecule has 2 saturated heterocycles. The second-order valence-electron chi connectivity index (χ2n) is 8.52. The van der Waals surface area contributed by atoms with E-state index in [1.165, 1.54) is 24.3 Å². The van der Waals surface area contributed by atoms with Crippen LogP contribution in [0.25, 0.3) is 0 Å². The second kappa shape index (κ2) is 8.45. The van der Waals surface area contributed by atoms with Crippen LogP contribution in [0.1, 0.15) is 39.4 Å². The molecule has 11 heteroatoms. The first-order chi connectivity index (χ1) is 15.3. The molecule has 2 heterocycles. The number of hydrogen-bond acceptors (Lipinski definition) is 4. The van der Waals surface area contributed by atoms with Gasteiger partial charge in [0.25, 0.3) is 5.91 Å². The summed E-state index contributed by atoms with van der Waals surface area (Å²) in [6.45, 7) is 1.51. The predicted molar refractivity (Wildman–Crippen MR) is 119 cm³/mol. The molecule has 0 spiro atoms. The van der Waals surface area contributed by atoms with E-state index >= 15 is 0 Å². The average molecular weight is 522 g/mol. The summed E-state index contributed by atoms with van der Waals surface area (Å²) in [5.74, 6) is -1.18. The van der Waals surface area contributed by atoms with E-state index in [0.29, 0.717) is 16.7 Å². The molecular formula is C22H20Cl2F3NO4S. The maximum absolute atomic E-state index is 14.2. The average Bonchev–Trinajstić information content (AvgIpc) is 3.12. The Labute approximate surface area is 199 Å². The summed E-state index contributed by atoms with van der Waals surface area (Å²) >= 11 is 11.9. The third-order valence-corrected chi connectivity index (χ3v) is 8.32. The van der Waals surface area contributed by atoms with E-state index in [1.54, 1.807) is 19.1 Å². The standard InChI is InChI=1S/C22H20Cl2F3NO4S/c1-12-4-13(2-3-19(12)20(29)28-18-10-33(30,31)11-18)14-8-21(32-9-14,22(25,26)27)15-5-16(23)7-17(24)6-15/h2-7,14,18H,8-11H2,1H3,(H,28,29). The number of rotatable bonds is 4. The molecule has 0 radical (unpaired) electrons. The molecule has 2 unspecified atom stereocenters. The van der Waals surface area contributed by atoms with Gasteiger partial charge < -0.3 is 10.1 Å². The summed E-state index contributed by atoms with van der Waals surface area (Å²) < 4.78 is 70.6. The van der Waals surface area contributed by atoms with E-state index < -0.39 is 39.5 Å². The molecule has 0 bridgehead atoms. The van der Waals surface area contributed by atoms with Gasteiger partial charge in [0.1, 0.15) is 0 Å². The Kier molecular flexibility index (Phi) is 6.22. The summed E-state index contributed by atoms with van der Waals surface area (Å²) in [6.07, 6.45) is -5.06. The van der Waals surface area contributed by atoms with E-state index in [2.05, 4.69) is 5.32 Å². The zero-order valence-electron chi connectivity index (χ0n) is 17.4. The molecule has 178 valence electrons. The highest BCUT2D eigenvalue weighted by Crippen LogP contribution is 2.53. The van der Waals surface area contributed by atoms with Gasteiger partial charge >= 0.3 is 6.18 Å². The van der Waals surface area contributed by atoms with E-state index in [0.717, 1.165) is 0 Å². The van der Waals surface area contributed by atoms with Crippen molar-refractivity contribution in [3.05, 3.63) is 68.7 Å². The van der Waals surface area contributed by atoms with Crippen molar-refractivity contribution in [1.82, 2.24) is 5.32 Å². The van der Waals surface area contributed by atoms with Gasteiger partial charge in [-0.25, -0.2) is 8.42 Å². The Morgan fingerprint density at radius 3 is 2.30 bits per heavy atom. The molecule has 2 aliphatic heterocycles. The Hall–Kier alpha value is -1.81. The third kappa shape index (κ3) is 4.73.